The van der Waals surface area contributed by atoms with Gasteiger partial charge in [0.1, 0.15) is 6.61 Å². The number of alkyl carbamates (subject to hydrolysis) is 1. The topological polar surface area (TPSA) is 122 Å². The molecule has 0 aliphatic heterocycles. The highest BCUT2D eigenvalue weighted by Gasteiger charge is 2.29. The van der Waals surface area contributed by atoms with Gasteiger partial charge in [0.25, 0.3) is 0 Å². The molecule has 0 spiro atoms. The number of carbonyl (C=O) groups excluding carboxylic acids is 3. The lowest BCUT2D eigenvalue weighted by Crippen LogP contribution is -2.49. The van der Waals surface area contributed by atoms with Crippen LogP contribution in [0, 0.1) is 0 Å². The number of carboxylic acids is 1. The lowest BCUT2D eigenvalue weighted by molar-refractivity contribution is -0.308. The summed E-state index contributed by atoms with van der Waals surface area (Å²) in [6, 6.07) is 20.8. The predicted octanol–water partition coefficient (Wildman–Crippen LogP) is 1.99. The summed E-state index contributed by atoms with van der Waals surface area (Å²) in [4.78, 5) is 35.3. The van der Waals surface area contributed by atoms with Crippen LogP contribution in [-0.4, -0.2) is 30.6 Å². The highest BCUT2D eigenvalue weighted by Crippen LogP contribution is 2.44. The highest BCUT2D eigenvalue weighted by atomic mass is 16.5. The number of nitrogens with one attached hydrogen (secondary N) is 1. The molecule has 0 heterocycles. The maximum Gasteiger partial charge on any atom is 0.407 e. The third-order valence-electron chi connectivity index (χ3n) is 5.57. The van der Waals surface area contributed by atoms with E-state index in [1.165, 1.54) is 12.1 Å². The molecule has 3 aromatic carbocycles. The smallest absolute Gasteiger partial charge is 0.407 e. The Morgan fingerprint density at radius 3 is 2.16 bits per heavy atom. The Labute approximate surface area is 184 Å². The van der Waals surface area contributed by atoms with Crippen LogP contribution < -0.4 is 16.2 Å². The van der Waals surface area contributed by atoms with E-state index in [1.54, 1.807) is 12.1 Å². The van der Waals surface area contributed by atoms with E-state index in [9.17, 15) is 19.5 Å². The minimum Gasteiger partial charge on any atom is -0.548 e. The number of amides is 2. The van der Waals surface area contributed by atoms with E-state index >= 15 is 0 Å². The molecule has 4 rings (SSSR count). The summed E-state index contributed by atoms with van der Waals surface area (Å²) in [5, 5.41) is 13.9. The van der Waals surface area contributed by atoms with Gasteiger partial charge in [-0.05, 0) is 46.4 Å². The monoisotopic (exact) mass is 429 g/mol. The Hall–Kier alpha value is -4.13. The van der Waals surface area contributed by atoms with Gasteiger partial charge in [-0.25, -0.2) is 4.79 Å². The van der Waals surface area contributed by atoms with E-state index in [2.05, 4.69) is 5.32 Å². The molecule has 1 atom stereocenters. The Balaban J connectivity index is 1.43. The van der Waals surface area contributed by atoms with Gasteiger partial charge in [0, 0.05) is 11.5 Å². The number of fused-ring (bicyclic) bond motifs is 3. The first-order chi connectivity index (χ1) is 15.4. The maximum atomic E-state index is 12.4. The van der Waals surface area contributed by atoms with Gasteiger partial charge in [-0.1, -0.05) is 60.7 Å². The standard InChI is InChI=1S/C25H22N2O5/c26-23(28)16-7-5-6-15(12-16)13-22(24(29)30)27-25(31)32-14-21-19-10-3-1-8-17(19)18-9-2-4-11-20(18)21/h1-12,21-22H,13-14H2,(H2,26,28)(H,27,31)(H,29,30)/p-1/t22-/m1/s1. The fourth-order valence-corrected chi connectivity index (χ4v) is 4.06. The van der Waals surface area contributed by atoms with Gasteiger partial charge in [0.05, 0.1) is 12.0 Å². The third kappa shape index (κ3) is 4.32. The molecular formula is C25H21N2O5-. The maximum absolute atomic E-state index is 12.4. The van der Waals surface area contributed by atoms with Crippen LogP contribution in [0.4, 0.5) is 4.79 Å². The van der Waals surface area contributed by atoms with Crippen LogP contribution in [0.3, 0.4) is 0 Å². The number of hydrogen-bond donors (Lipinski definition) is 2. The molecule has 0 fully saturated rings. The molecule has 1 aliphatic rings. The summed E-state index contributed by atoms with van der Waals surface area (Å²) in [6.07, 6.45) is -0.930. The molecule has 0 bridgehead atoms. The van der Waals surface area contributed by atoms with E-state index in [0.717, 1.165) is 22.3 Å². The molecule has 0 saturated carbocycles. The first kappa shape index (κ1) is 21.1. The van der Waals surface area contributed by atoms with Crippen molar-refractivity contribution in [2.24, 2.45) is 5.73 Å². The van der Waals surface area contributed by atoms with Gasteiger partial charge >= 0.3 is 6.09 Å². The lowest BCUT2D eigenvalue weighted by Gasteiger charge is -2.21. The molecule has 7 nitrogen and oxygen atoms in total. The Morgan fingerprint density at radius 1 is 0.938 bits per heavy atom. The molecule has 1 aliphatic carbocycles. The van der Waals surface area contributed by atoms with Crippen LogP contribution in [0.15, 0.2) is 72.8 Å². The molecule has 3 aromatic rings. The van der Waals surface area contributed by atoms with Gasteiger partial charge in [0.15, 0.2) is 0 Å². The normalized spacial score (nSPS) is 13.0. The number of aliphatic carboxylic acids is 1. The van der Waals surface area contributed by atoms with Crippen molar-refractivity contribution in [3.63, 3.8) is 0 Å². The summed E-state index contributed by atoms with van der Waals surface area (Å²) in [7, 11) is 0. The predicted molar refractivity (Wildman–Crippen MR) is 116 cm³/mol. The molecular weight excluding hydrogens is 408 g/mol. The zero-order chi connectivity index (χ0) is 22.7. The number of nitrogens with two attached hydrogens (primary N) is 1. The molecule has 0 unspecified atom stereocenters. The number of hydrogen-bond acceptors (Lipinski definition) is 5. The minimum atomic E-state index is -1.46. The second-order valence-electron chi connectivity index (χ2n) is 7.61. The van der Waals surface area contributed by atoms with E-state index in [0.29, 0.717) is 5.56 Å². The third-order valence-corrected chi connectivity index (χ3v) is 5.57. The average Bonchev–Trinajstić information content (AvgIpc) is 3.11. The number of carboxylic acid groups (broad SMARTS) is 1. The first-order valence-corrected chi connectivity index (χ1v) is 10.1. The SMILES string of the molecule is NC(=O)c1cccc(C[C@@H](NC(=O)OCC2c3ccccc3-c3ccccc32)C(=O)[O-])c1. The minimum absolute atomic E-state index is 0.0663. The fourth-order valence-electron chi connectivity index (χ4n) is 4.06. The van der Waals surface area contributed by atoms with Crippen molar-refractivity contribution in [2.45, 2.75) is 18.4 Å². The molecule has 32 heavy (non-hydrogen) atoms. The van der Waals surface area contributed by atoms with Crippen molar-refractivity contribution < 1.29 is 24.2 Å². The summed E-state index contributed by atoms with van der Waals surface area (Å²) >= 11 is 0. The Morgan fingerprint density at radius 2 is 1.56 bits per heavy atom. The van der Waals surface area contributed by atoms with E-state index < -0.39 is 24.0 Å². The van der Waals surface area contributed by atoms with E-state index in [1.807, 2.05) is 48.5 Å². The van der Waals surface area contributed by atoms with Crippen LogP contribution in [0.1, 0.15) is 33.0 Å². The van der Waals surface area contributed by atoms with Crippen LogP contribution in [0.2, 0.25) is 0 Å². The van der Waals surface area contributed by atoms with Crippen molar-refractivity contribution in [3.05, 3.63) is 95.1 Å². The van der Waals surface area contributed by atoms with Gasteiger partial charge in [-0.3, -0.25) is 4.79 Å². The van der Waals surface area contributed by atoms with Crippen molar-refractivity contribution in [3.8, 4) is 11.1 Å². The highest BCUT2D eigenvalue weighted by molar-refractivity contribution is 5.93. The lowest BCUT2D eigenvalue weighted by atomic mass is 9.98. The average molecular weight is 429 g/mol. The van der Waals surface area contributed by atoms with Crippen LogP contribution in [0.5, 0.6) is 0 Å². The number of carbonyl (C=O) groups is 3. The largest absolute Gasteiger partial charge is 0.548 e. The van der Waals surface area contributed by atoms with Gasteiger partial charge < -0.3 is 25.7 Å². The quantitative estimate of drug-likeness (QED) is 0.595. The molecule has 3 N–H and O–H groups in total. The molecule has 162 valence electrons. The van der Waals surface area contributed by atoms with Crippen molar-refractivity contribution in [1.29, 1.82) is 0 Å². The van der Waals surface area contributed by atoms with Gasteiger partial charge in [0.2, 0.25) is 5.91 Å². The Bertz CT molecular complexity index is 1140. The van der Waals surface area contributed by atoms with Crippen molar-refractivity contribution in [1.82, 2.24) is 5.32 Å². The molecule has 0 aromatic heterocycles. The van der Waals surface area contributed by atoms with Gasteiger partial charge in [-0.15, -0.1) is 0 Å². The number of primary amides is 1. The number of rotatable bonds is 7. The number of ether oxygens (including phenoxy) is 1. The summed E-state index contributed by atoms with van der Waals surface area (Å²) in [5.74, 6) is -2.22. The fraction of sp³-hybridized carbons (Fsp3) is 0.160. The summed E-state index contributed by atoms with van der Waals surface area (Å²) in [6.45, 7) is 0.0663. The molecule has 2 amide bonds. The summed E-state index contributed by atoms with van der Waals surface area (Å²) in [5.41, 5.74) is 10.3. The zero-order valence-corrected chi connectivity index (χ0v) is 17.1. The molecule has 7 heteroatoms. The molecule has 0 radical (unpaired) electrons. The van der Waals surface area contributed by atoms with Crippen LogP contribution >= 0.6 is 0 Å². The van der Waals surface area contributed by atoms with Crippen molar-refractivity contribution in [2.75, 3.05) is 6.61 Å². The summed E-state index contributed by atoms with van der Waals surface area (Å²) < 4.78 is 5.40. The second-order valence-corrected chi connectivity index (χ2v) is 7.61. The zero-order valence-electron chi connectivity index (χ0n) is 17.1. The Kier molecular flexibility index (Phi) is 5.89. The molecule has 0 saturated heterocycles. The second kappa shape index (κ2) is 8.93. The van der Waals surface area contributed by atoms with E-state index in [4.69, 9.17) is 10.5 Å². The van der Waals surface area contributed by atoms with E-state index in [-0.39, 0.29) is 24.5 Å². The number of benzene rings is 3. The van der Waals surface area contributed by atoms with Crippen LogP contribution in [0.25, 0.3) is 11.1 Å². The van der Waals surface area contributed by atoms with Crippen molar-refractivity contribution >= 4 is 18.0 Å². The van der Waals surface area contributed by atoms with Gasteiger partial charge in [-0.2, -0.15) is 0 Å². The van der Waals surface area contributed by atoms with Crippen LogP contribution in [-0.2, 0) is 16.0 Å². The first-order valence-electron chi connectivity index (χ1n) is 10.1.